The van der Waals surface area contributed by atoms with Gasteiger partial charge in [-0.3, -0.25) is 4.79 Å². The van der Waals surface area contributed by atoms with Gasteiger partial charge < -0.3 is 5.32 Å². The molecule has 0 spiro atoms. The summed E-state index contributed by atoms with van der Waals surface area (Å²) >= 11 is 0.998. The Kier molecular flexibility index (Phi) is 5.64. The van der Waals surface area contributed by atoms with Crippen molar-refractivity contribution in [1.82, 2.24) is 9.62 Å². The summed E-state index contributed by atoms with van der Waals surface area (Å²) in [6.45, 7) is 0.851. The van der Waals surface area contributed by atoms with Gasteiger partial charge in [0.15, 0.2) is 0 Å². The summed E-state index contributed by atoms with van der Waals surface area (Å²) in [7, 11) is -3.74. The molecule has 1 N–H and O–H groups in total. The van der Waals surface area contributed by atoms with Crippen LogP contribution in [0.4, 0.5) is 13.2 Å². The maximum Gasteiger partial charge on any atom is 0.391 e. The number of nitrogens with zero attached hydrogens (tertiary/aromatic N) is 1. The van der Waals surface area contributed by atoms with Gasteiger partial charge in [-0.05, 0) is 43.6 Å². The summed E-state index contributed by atoms with van der Waals surface area (Å²) in [6, 6.07) is 0.805. The number of rotatable bonds is 4. The first-order valence-electron chi connectivity index (χ1n) is 8.65. The molecular weight excluding hydrogens is 389 g/mol. The number of carbonyl (C=O) groups excluding carboxylic acids is 1. The van der Waals surface area contributed by atoms with Gasteiger partial charge in [0.1, 0.15) is 9.77 Å². The van der Waals surface area contributed by atoms with Crippen LogP contribution in [0.25, 0.3) is 0 Å². The van der Waals surface area contributed by atoms with Gasteiger partial charge in [-0.2, -0.15) is 17.5 Å². The van der Waals surface area contributed by atoms with Crippen LogP contribution in [0.15, 0.2) is 16.3 Å². The molecule has 10 heteroatoms. The first-order chi connectivity index (χ1) is 12.2. The Morgan fingerprint density at radius 3 is 2.54 bits per heavy atom. The van der Waals surface area contributed by atoms with E-state index in [1.54, 1.807) is 0 Å². The molecular formula is C16H21F3N2O3S2. The van der Waals surface area contributed by atoms with Crippen LogP contribution in [0.5, 0.6) is 0 Å². The van der Waals surface area contributed by atoms with Crippen molar-refractivity contribution in [2.45, 2.75) is 55.6 Å². The monoisotopic (exact) mass is 410 g/mol. The fourth-order valence-electron chi connectivity index (χ4n) is 3.60. The average molecular weight is 410 g/mol. The van der Waals surface area contributed by atoms with Crippen LogP contribution in [-0.4, -0.2) is 43.9 Å². The normalized spacial score (nSPS) is 25.3. The van der Waals surface area contributed by atoms with E-state index in [1.165, 1.54) is 15.8 Å². The molecule has 1 aliphatic heterocycles. The lowest BCUT2D eigenvalue weighted by Gasteiger charge is -2.31. The first-order valence-corrected chi connectivity index (χ1v) is 11.0. The number of thiophene rings is 1. The molecule has 1 amide bonds. The average Bonchev–Trinajstić information content (AvgIpc) is 3.26. The van der Waals surface area contributed by atoms with Crippen LogP contribution in [-0.2, 0) is 10.0 Å². The number of nitrogens with one attached hydrogen (secondary N) is 1. The van der Waals surface area contributed by atoms with Crippen molar-refractivity contribution in [1.29, 1.82) is 0 Å². The van der Waals surface area contributed by atoms with Crippen LogP contribution >= 0.6 is 11.3 Å². The zero-order valence-electron chi connectivity index (χ0n) is 14.1. The summed E-state index contributed by atoms with van der Waals surface area (Å²) < 4.78 is 65.5. The molecule has 26 heavy (non-hydrogen) atoms. The van der Waals surface area contributed by atoms with Crippen LogP contribution in [0.2, 0.25) is 0 Å². The predicted octanol–water partition coefficient (Wildman–Crippen LogP) is 3.38. The van der Waals surface area contributed by atoms with Crippen molar-refractivity contribution in [2.75, 3.05) is 13.1 Å². The summed E-state index contributed by atoms with van der Waals surface area (Å²) in [5, 5.41) is 4.14. The van der Waals surface area contributed by atoms with Crippen molar-refractivity contribution < 1.29 is 26.4 Å². The van der Waals surface area contributed by atoms with E-state index in [1.807, 2.05) is 0 Å². The van der Waals surface area contributed by atoms with Crippen LogP contribution in [0.1, 0.15) is 48.2 Å². The number of sulfonamides is 1. The van der Waals surface area contributed by atoms with Gasteiger partial charge in [0, 0.05) is 19.1 Å². The molecule has 2 heterocycles. The van der Waals surface area contributed by atoms with Crippen molar-refractivity contribution in [3.63, 3.8) is 0 Å². The minimum absolute atomic E-state index is 0.0473. The van der Waals surface area contributed by atoms with Gasteiger partial charge in [-0.25, -0.2) is 8.42 Å². The smallest absolute Gasteiger partial charge is 0.349 e. The van der Waals surface area contributed by atoms with Gasteiger partial charge in [0.05, 0.1) is 5.92 Å². The van der Waals surface area contributed by atoms with E-state index in [9.17, 15) is 26.4 Å². The number of amides is 1. The van der Waals surface area contributed by atoms with E-state index in [0.29, 0.717) is 25.9 Å². The molecule has 0 bridgehead atoms. The lowest BCUT2D eigenvalue weighted by Crippen LogP contribution is -2.41. The van der Waals surface area contributed by atoms with Crippen LogP contribution in [0, 0.1) is 5.92 Å². The molecule has 1 saturated heterocycles. The summed E-state index contributed by atoms with van der Waals surface area (Å²) in [4.78, 5) is 12.5. The molecule has 1 aromatic heterocycles. The quantitative estimate of drug-likeness (QED) is 0.828. The minimum atomic E-state index is -4.27. The standard InChI is InChI=1S/C16H21F3N2O3S2/c17-16(18,19)11-4-3-5-12(10-11)20-15(22)14-13(6-9-25-14)26(23,24)21-7-1-2-8-21/h6,9,11-12H,1-5,7-8,10H2,(H,20,22). The largest absolute Gasteiger partial charge is 0.391 e. The third-order valence-electron chi connectivity index (χ3n) is 4.99. The highest BCUT2D eigenvalue weighted by Gasteiger charge is 2.42. The van der Waals surface area contributed by atoms with E-state index in [2.05, 4.69) is 5.32 Å². The van der Waals surface area contributed by atoms with Crippen molar-refractivity contribution in [3.05, 3.63) is 16.3 Å². The Bertz CT molecular complexity index is 755. The van der Waals surface area contributed by atoms with Gasteiger partial charge >= 0.3 is 6.18 Å². The zero-order chi connectivity index (χ0) is 18.9. The summed E-state index contributed by atoms with van der Waals surface area (Å²) in [5.74, 6) is -2.02. The number of hydrogen-bond acceptors (Lipinski definition) is 4. The van der Waals surface area contributed by atoms with Crippen LogP contribution < -0.4 is 5.32 Å². The first kappa shape index (κ1) is 19.6. The minimum Gasteiger partial charge on any atom is -0.349 e. The molecule has 5 nitrogen and oxygen atoms in total. The number of alkyl halides is 3. The molecule has 2 unspecified atom stereocenters. The summed E-state index contributed by atoms with van der Waals surface area (Å²) in [5.41, 5.74) is 0. The van der Waals surface area contributed by atoms with Gasteiger partial charge in [-0.15, -0.1) is 11.3 Å². The SMILES string of the molecule is O=C(NC1CCCC(C(F)(F)F)C1)c1sccc1S(=O)(=O)N1CCCC1. The Morgan fingerprint density at radius 1 is 1.19 bits per heavy atom. The highest BCUT2D eigenvalue weighted by atomic mass is 32.2. The van der Waals surface area contributed by atoms with Crippen molar-refractivity contribution in [3.8, 4) is 0 Å². The molecule has 2 fully saturated rings. The Hall–Kier alpha value is -1.13. The number of carbonyl (C=O) groups is 1. The number of halogens is 3. The molecule has 2 aliphatic rings. The maximum absolute atomic E-state index is 12.9. The zero-order valence-corrected chi connectivity index (χ0v) is 15.7. The highest BCUT2D eigenvalue weighted by Crippen LogP contribution is 2.37. The Labute approximate surface area is 154 Å². The molecule has 146 valence electrons. The topological polar surface area (TPSA) is 66.5 Å². The number of hydrogen-bond donors (Lipinski definition) is 1. The maximum atomic E-state index is 12.9. The lowest BCUT2D eigenvalue weighted by atomic mass is 9.85. The fraction of sp³-hybridized carbons (Fsp3) is 0.688. The van der Waals surface area contributed by atoms with Crippen LogP contribution in [0.3, 0.4) is 0 Å². The van der Waals surface area contributed by atoms with E-state index >= 15 is 0 Å². The Morgan fingerprint density at radius 2 is 1.88 bits per heavy atom. The molecule has 1 aromatic rings. The van der Waals surface area contributed by atoms with E-state index in [-0.39, 0.29) is 22.6 Å². The molecule has 0 aromatic carbocycles. The second-order valence-electron chi connectivity index (χ2n) is 6.80. The van der Waals surface area contributed by atoms with E-state index in [4.69, 9.17) is 0 Å². The van der Waals surface area contributed by atoms with E-state index in [0.717, 1.165) is 24.2 Å². The predicted molar refractivity (Wildman–Crippen MR) is 91.6 cm³/mol. The highest BCUT2D eigenvalue weighted by molar-refractivity contribution is 7.89. The van der Waals surface area contributed by atoms with Gasteiger partial charge in [0.25, 0.3) is 5.91 Å². The fourth-order valence-corrected chi connectivity index (χ4v) is 6.42. The second-order valence-corrected chi connectivity index (χ2v) is 9.62. The molecule has 3 rings (SSSR count). The molecule has 0 radical (unpaired) electrons. The van der Waals surface area contributed by atoms with Gasteiger partial charge in [0.2, 0.25) is 10.0 Å². The van der Waals surface area contributed by atoms with E-state index < -0.39 is 34.1 Å². The second kappa shape index (κ2) is 7.47. The lowest BCUT2D eigenvalue weighted by molar-refractivity contribution is -0.183. The summed E-state index contributed by atoms with van der Waals surface area (Å²) in [6.07, 6.45) is -1.93. The Balaban J connectivity index is 1.72. The molecule has 1 aliphatic carbocycles. The third-order valence-corrected chi connectivity index (χ3v) is 7.97. The van der Waals surface area contributed by atoms with Crippen molar-refractivity contribution in [2.24, 2.45) is 5.92 Å². The molecule has 2 atom stereocenters. The van der Waals surface area contributed by atoms with Gasteiger partial charge in [-0.1, -0.05) is 6.42 Å². The molecule has 1 saturated carbocycles. The third kappa shape index (κ3) is 4.07. The van der Waals surface area contributed by atoms with Crippen molar-refractivity contribution >= 4 is 27.3 Å².